The third kappa shape index (κ3) is 3.17. The molecular weight excluding hydrogens is 254 g/mol. The molecule has 1 aliphatic carbocycles. The highest BCUT2D eigenvalue weighted by Gasteiger charge is 2.30. The van der Waals surface area contributed by atoms with Gasteiger partial charge in [-0.3, -0.25) is 4.79 Å². The number of ether oxygens (including phenoxy) is 2. The fourth-order valence-electron chi connectivity index (χ4n) is 2.17. The Labute approximate surface area is 110 Å². The number of esters is 1. The van der Waals surface area contributed by atoms with Crippen LogP contribution in [-0.4, -0.2) is 35.6 Å². The molecule has 7 heteroatoms. The number of aromatic nitrogens is 2. The fraction of sp³-hybridized carbons (Fsp3) is 0.727. The van der Waals surface area contributed by atoms with Crippen molar-refractivity contribution in [3.05, 3.63) is 5.82 Å². The lowest BCUT2D eigenvalue weighted by Gasteiger charge is -2.10. The normalized spacial score (nSPS) is 23.0. The second kappa shape index (κ2) is 6.10. The summed E-state index contributed by atoms with van der Waals surface area (Å²) < 4.78 is 13.9. The Kier molecular flexibility index (Phi) is 4.48. The zero-order valence-corrected chi connectivity index (χ0v) is 11.3. The van der Waals surface area contributed by atoms with Gasteiger partial charge in [0.2, 0.25) is 5.13 Å². The molecule has 1 heterocycles. The van der Waals surface area contributed by atoms with E-state index in [4.69, 9.17) is 9.47 Å². The van der Waals surface area contributed by atoms with Gasteiger partial charge in [0.05, 0.1) is 13.0 Å². The van der Waals surface area contributed by atoms with Crippen molar-refractivity contribution >= 4 is 22.6 Å². The van der Waals surface area contributed by atoms with Gasteiger partial charge in [-0.15, -0.1) is 0 Å². The first kappa shape index (κ1) is 13.2. The molecule has 6 nitrogen and oxygen atoms in total. The molecule has 0 aliphatic heterocycles. The van der Waals surface area contributed by atoms with Gasteiger partial charge in [-0.25, -0.2) is 4.98 Å². The van der Waals surface area contributed by atoms with Crippen molar-refractivity contribution in [3.8, 4) is 0 Å². The number of hydrogen-bond donors (Lipinski definition) is 1. The topological polar surface area (TPSA) is 73.3 Å². The maximum absolute atomic E-state index is 11.4. The minimum atomic E-state index is -0.114. The first-order valence-corrected chi connectivity index (χ1v) is 6.66. The van der Waals surface area contributed by atoms with Gasteiger partial charge in [-0.05, 0) is 19.3 Å². The number of nitrogens with one attached hydrogen (secondary N) is 1. The maximum Gasteiger partial charge on any atom is 0.308 e. The lowest BCUT2D eigenvalue weighted by atomic mass is 10.1. The van der Waals surface area contributed by atoms with E-state index in [9.17, 15) is 4.79 Å². The molecule has 1 aliphatic rings. The van der Waals surface area contributed by atoms with Gasteiger partial charge < -0.3 is 14.8 Å². The smallest absolute Gasteiger partial charge is 0.308 e. The average molecular weight is 271 g/mol. The van der Waals surface area contributed by atoms with Crippen LogP contribution in [-0.2, 0) is 20.9 Å². The van der Waals surface area contributed by atoms with E-state index in [-0.39, 0.29) is 17.9 Å². The summed E-state index contributed by atoms with van der Waals surface area (Å²) in [5.41, 5.74) is 0. The van der Waals surface area contributed by atoms with Crippen LogP contribution in [0.5, 0.6) is 0 Å². The quantitative estimate of drug-likeness (QED) is 0.817. The van der Waals surface area contributed by atoms with Crippen LogP contribution >= 0.6 is 11.5 Å². The lowest BCUT2D eigenvalue weighted by molar-refractivity contribution is -0.145. The SMILES string of the molecule is COCc1nsc(N[C@@H]2CC[C@H](C(=O)OC)C2)n1. The van der Waals surface area contributed by atoms with E-state index >= 15 is 0 Å². The summed E-state index contributed by atoms with van der Waals surface area (Å²) in [5.74, 6) is 0.586. The van der Waals surface area contributed by atoms with E-state index in [1.54, 1.807) is 7.11 Å². The molecular formula is C11H17N3O3S. The van der Waals surface area contributed by atoms with Gasteiger partial charge >= 0.3 is 5.97 Å². The van der Waals surface area contributed by atoms with Crippen LogP contribution in [0.2, 0.25) is 0 Å². The largest absolute Gasteiger partial charge is 0.469 e. The van der Waals surface area contributed by atoms with E-state index in [2.05, 4.69) is 14.7 Å². The third-order valence-corrected chi connectivity index (χ3v) is 3.72. The Morgan fingerprint density at radius 1 is 1.50 bits per heavy atom. The molecule has 0 radical (unpaired) electrons. The molecule has 18 heavy (non-hydrogen) atoms. The molecule has 0 spiro atoms. The number of rotatable bonds is 5. The number of methoxy groups -OCH3 is 2. The Morgan fingerprint density at radius 2 is 2.33 bits per heavy atom. The molecule has 0 aromatic carbocycles. The Bertz CT molecular complexity index is 410. The van der Waals surface area contributed by atoms with Crippen molar-refractivity contribution in [2.75, 3.05) is 19.5 Å². The predicted molar refractivity (Wildman–Crippen MR) is 67.4 cm³/mol. The summed E-state index contributed by atoms with van der Waals surface area (Å²) >= 11 is 1.32. The average Bonchev–Trinajstić information content (AvgIpc) is 2.99. The number of nitrogens with zero attached hydrogens (tertiary/aromatic N) is 2. The van der Waals surface area contributed by atoms with Gasteiger partial charge in [-0.2, -0.15) is 4.37 Å². The van der Waals surface area contributed by atoms with Crippen molar-refractivity contribution < 1.29 is 14.3 Å². The molecule has 0 bridgehead atoms. The molecule has 2 atom stereocenters. The summed E-state index contributed by atoms with van der Waals surface area (Å²) in [6.07, 6.45) is 2.62. The minimum absolute atomic E-state index is 0.0128. The molecule has 0 saturated heterocycles. The van der Waals surface area contributed by atoms with Crippen LogP contribution in [0.3, 0.4) is 0 Å². The van der Waals surface area contributed by atoms with Crippen molar-refractivity contribution in [3.63, 3.8) is 0 Å². The standard InChI is InChI=1S/C11H17N3O3S/c1-16-6-9-13-11(18-14-9)12-8-4-3-7(5-8)10(15)17-2/h7-8H,3-6H2,1-2H3,(H,12,13,14)/t7-,8+/m0/s1. The monoisotopic (exact) mass is 271 g/mol. The highest BCUT2D eigenvalue weighted by Crippen LogP contribution is 2.29. The number of hydrogen-bond acceptors (Lipinski definition) is 7. The van der Waals surface area contributed by atoms with E-state index in [1.807, 2.05) is 0 Å². The Hall–Kier alpha value is -1.21. The third-order valence-electron chi connectivity index (χ3n) is 3.04. The maximum atomic E-state index is 11.4. The zero-order valence-electron chi connectivity index (χ0n) is 10.5. The highest BCUT2D eigenvalue weighted by molar-refractivity contribution is 7.09. The summed E-state index contributed by atoms with van der Waals surface area (Å²) in [5, 5.41) is 4.10. The van der Waals surface area contributed by atoms with E-state index in [0.717, 1.165) is 24.4 Å². The molecule has 2 rings (SSSR count). The lowest BCUT2D eigenvalue weighted by Crippen LogP contribution is -2.18. The molecule has 1 N–H and O–H groups in total. The summed E-state index contributed by atoms with van der Waals surface area (Å²) in [6.45, 7) is 0.424. The Balaban J connectivity index is 1.85. The van der Waals surface area contributed by atoms with Crippen LogP contribution in [0.15, 0.2) is 0 Å². The number of carbonyl (C=O) groups is 1. The highest BCUT2D eigenvalue weighted by atomic mass is 32.1. The molecule has 0 unspecified atom stereocenters. The fourth-order valence-corrected chi connectivity index (χ4v) is 2.82. The van der Waals surface area contributed by atoms with Crippen LogP contribution in [0.25, 0.3) is 0 Å². The van der Waals surface area contributed by atoms with Crippen LogP contribution in [0.4, 0.5) is 5.13 Å². The second-order valence-corrected chi connectivity index (χ2v) is 5.08. The van der Waals surface area contributed by atoms with Crippen LogP contribution < -0.4 is 5.32 Å². The summed E-state index contributed by atoms with van der Waals surface area (Å²) in [6, 6.07) is 0.275. The molecule has 1 aromatic heterocycles. The van der Waals surface area contributed by atoms with Crippen LogP contribution in [0, 0.1) is 5.92 Å². The summed E-state index contributed by atoms with van der Waals surface area (Å²) in [4.78, 5) is 15.7. The van der Waals surface area contributed by atoms with Crippen molar-refractivity contribution in [1.82, 2.24) is 9.36 Å². The Morgan fingerprint density at radius 3 is 3.06 bits per heavy atom. The molecule has 1 fully saturated rings. The van der Waals surface area contributed by atoms with E-state index in [1.165, 1.54) is 18.6 Å². The van der Waals surface area contributed by atoms with Gasteiger partial charge in [0.15, 0.2) is 5.82 Å². The van der Waals surface area contributed by atoms with Crippen LogP contribution in [0.1, 0.15) is 25.1 Å². The van der Waals surface area contributed by atoms with Gasteiger partial charge in [0.25, 0.3) is 0 Å². The van der Waals surface area contributed by atoms with Gasteiger partial charge in [0, 0.05) is 24.7 Å². The van der Waals surface area contributed by atoms with Crippen molar-refractivity contribution in [2.24, 2.45) is 5.92 Å². The van der Waals surface area contributed by atoms with Gasteiger partial charge in [0.1, 0.15) is 6.61 Å². The number of carbonyl (C=O) groups excluding carboxylic acids is 1. The molecule has 0 amide bonds. The molecule has 1 saturated carbocycles. The molecule has 1 aromatic rings. The first-order valence-electron chi connectivity index (χ1n) is 5.88. The zero-order chi connectivity index (χ0) is 13.0. The van der Waals surface area contributed by atoms with Crippen molar-refractivity contribution in [2.45, 2.75) is 31.9 Å². The van der Waals surface area contributed by atoms with E-state index in [0.29, 0.717) is 12.4 Å². The van der Waals surface area contributed by atoms with Crippen molar-refractivity contribution in [1.29, 1.82) is 0 Å². The molecule has 100 valence electrons. The first-order chi connectivity index (χ1) is 8.72. The van der Waals surface area contributed by atoms with Gasteiger partial charge in [-0.1, -0.05) is 0 Å². The number of anilines is 1. The van der Waals surface area contributed by atoms with E-state index < -0.39 is 0 Å². The second-order valence-electron chi connectivity index (χ2n) is 4.32. The summed E-state index contributed by atoms with van der Waals surface area (Å²) in [7, 11) is 3.05. The predicted octanol–water partition coefficient (Wildman–Crippen LogP) is 1.44. The minimum Gasteiger partial charge on any atom is -0.469 e.